The normalized spacial score (nSPS) is 12.8. The molecule has 0 bridgehead atoms. The number of aryl methyl sites for hydroxylation is 2. The quantitative estimate of drug-likeness (QED) is 0.709. The van der Waals surface area contributed by atoms with Crippen LogP contribution in [0.3, 0.4) is 0 Å². The van der Waals surface area contributed by atoms with Crippen LogP contribution < -0.4 is 5.56 Å². The molecule has 0 saturated carbocycles. The molecule has 0 saturated heterocycles. The second-order valence-corrected chi connectivity index (χ2v) is 3.16. The molecule has 1 atom stereocenters. The van der Waals surface area contributed by atoms with Gasteiger partial charge in [0.2, 0.25) is 0 Å². The highest BCUT2D eigenvalue weighted by molar-refractivity contribution is 5.02. The van der Waals surface area contributed by atoms with Crippen molar-refractivity contribution in [2.45, 2.75) is 33.0 Å². The van der Waals surface area contributed by atoms with E-state index in [9.17, 15) is 9.18 Å². The summed E-state index contributed by atoms with van der Waals surface area (Å²) in [4.78, 5) is 11.2. The highest BCUT2D eigenvalue weighted by atomic mass is 19.1. The first-order chi connectivity index (χ1) is 6.09. The van der Waals surface area contributed by atoms with E-state index in [-0.39, 0.29) is 5.56 Å². The Morgan fingerprint density at radius 2 is 2.38 bits per heavy atom. The lowest BCUT2D eigenvalue weighted by atomic mass is 10.3. The molecule has 0 fully saturated rings. The molecule has 0 aliphatic carbocycles. The zero-order valence-corrected chi connectivity index (χ0v) is 7.83. The zero-order valence-electron chi connectivity index (χ0n) is 7.83. The molecule has 0 aliphatic heterocycles. The fourth-order valence-corrected chi connectivity index (χ4v) is 0.992. The van der Waals surface area contributed by atoms with Crippen LogP contribution in [0.2, 0.25) is 0 Å². The largest absolute Gasteiger partial charge is 0.268 e. The summed E-state index contributed by atoms with van der Waals surface area (Å²) in [6.45, 7) is 3.62. The number of halogens is 1. The first-order valence-electron chi connectivity index (χ1n) is 4.27. The minimum absolute atomic E-state index is 0.166. The number of rotatable bonds is 3. The number of nitrogens with zero attached hydrogens (tertiary/aromatic N) is 2. The van der Waals surface area contributed by atoms with Gasteiger partial charge in [0.15, 0.2) is 0 Å². The molecule has 1 aromatic rings. The summed E-state index contributed by atoms with van der Waals surface area (Å²) in [5.74, 6) is 0. The maximum atomic E-state index is 12.5. The van der Waals surface area contributed by atoms with E-state index in [4.69, 9.17) is 0 Å². The third kappa shape index (κ3) is 2.97. The minimum atomic E-state index is -0.894. The average molecular weight is 184 g/mol. The van der Waals surface area contributed by atoms with Crippen LogP contribution in [0, 0.1) is 6.92 Å². The van der Waals surface area contributed by atoms with Crippen molar-refractivity contribution in [2.75, 3.05) is 0 Å². The zero-order chi connectivity index (χ0) is 9.84. The van der Waals surface area contributed by atoms with Gasteiger partial charge in [0.05, 0.1) is 12.4 Å². The lowest BCUT2D eigenvalue weighted by Crippen LogP contribution is -2.23. The Morgan fingerprint density at radius 1 is 1.69 bits per heavy atom. The molecule has 0 N–H and O–H groups in total. The predicted molar refractivity (Wildman–Crippen MR) is 48.4 cm³/mol. The number of hydrogen-bond donors (Lipinski definition) is 0. The number of aromatic nitrogens is 2. The summed E-state index contributed by atoms with van der Waals surface area (Å²) in [6, 6.07) is 1.50. The molecule has 4 heteroatoms. The van der Waals surface area contributed by atoms with Crippen LogP contribution in [-0.2, 0) is 6.54 Å². The van der Waals surface area contributed by atoms with E-state index in [0.717, 1.165) is 5.56 Å². The predicted octanol–water partition coefficient (Wildman–Crippen LogP) is 1.30. The van der Waals surface area contributed by atoms with E-state index in [1.54, 1.807) is 13.1 Å². The molecule has 1 unspecified atom stereocenters. The second kappa shape index (κ2) is 4.16. The minimum Gasteiger partial charge on any atom is -0.268 e. The van der Waals surface area contributed by atoms with Gasteiger partial charge in [-0.25, -0.2) is 9.07 Å². The molecule has 1 rings (SSSR count). The summed E-state index contributed by atoms with van der Waals surface area (Å²) in [5, 5.41) is 3.89. The van der Waals surface area contributed by atoms with Crippen LogP contribution in [0.4, 0.5) is 4.39 Å². The highest BCUT2D eigenvalue weighted by Crippen LogP contribution is 1.96. The van der Waals surface area contributed by atoms with E-state index >= 15 is 0 Å². The molecule has 13 heavy (non-hydrogen) atoms. The summed E-state index contributed by atoms with van der Waals surface area (Å²) < 4.78 is 13.7. The second-order valence-electron chi connectivity index (χ2n) is 3.16. The first-order valence-corrected chi connectivity index (χ1v) is 4.27. The van der Waals surface area contributed by atoms with Gasteiger partial charge in [-0.3, -0.25) is 4.79 Å². The Labute approximate surface area is 76.2 Å². The van der Waals surface area contributed by atoms with Crippen molar-refractivity contribution >= 4 is 0 Å². The van der Waals surface area contributed by atoms with Gasteiger partial charge in [-0.15, -0.1) is 0 Å². The van der Waals surface area contributed by atoms with Crippen LogP contribution >= 0.6 is 0 Å². The van der Waals surface area contributed by atoms with Gasteiger partial charge in [0, 0.05) is 12.6 Å². The Kier molecular flexibility index (Phi) is 3.17. The molecule has 72 valence electrons. The van der Waals surface area contributed by atoms with Gasteiger partial charge < -0.3 is 0 Å². The molecule has 1 heterocycles. The third-order valence-corrected chi connectivity index (χ3v) is 1.74. The molecular weight excluding hydrogens is 171 g/mol. The van der Waals surface area contributed by atoms with Crippen molar-refractivity contribution in [1.82, 2.24) is 9.78 Å². The fraction of sp³-hybridized carbons (Fsp3) is 0.556. The van der Waals surface area contributed by atoms with Gasteiger partial charge in [0.1, 0.15) is 0 Å². The van der Waals surface area contributed by atoms with Gasteiger partial charge in [0.25, 0.3) is 5.56 Å². The Bertz CT molecular complexity index is 333. The molecule has 0 amide bonds. The first kappa shape index (κ1) is 9.89. The lowest BCUT2D eigenvalue weighted by Gasteiger charge is -2.04. The van der Waals surface area contributed by atoms with Crippen LogP contribution in [0.1, 0.15) is 18.9 Å². The average Bonchev–Trinajstić information content (AvgIpc) is 2.02. The van der Waals surface area contributed by atoms with Crippen molar-refractivity contribution < 1.29 is 4.39 Å². The van der Waals surface area contributed by atoms with E-state index < -0.39 is 6.17 Å². The van der Waals surface area contributed by atoms with Crippen LogP contribution in [0.25, 0.3) is 0 Å². The van der Waals surface area contributed by atoms with Gasteiger partial charge in [-0.1, -0.05) is 0 Å². The van der Waals surface area contributed by atoms with Gasteiger partial charge in [-0.05, 0) is 25.8 Å². The fourth-order valence-electron chi connectivity index (χ4n) is 0.992. The summed E-state index contributed by atoms with van der Waals surface area (Å²) >= 11 is 0. The molecule has 0 aliphatic rings. The Balaban J connectivity index is 2.73. The molecule has 1 aromatic heterocycles. The monoisotopic (exact) mass is 184 g/mol. The van der Waals surface area contributed by atoms with E-state index in [2.05, 4.69) is 5.10 Å². The smallest absolute Gasteiger partial charge is 0.266 e. The Hall–Kier alpha value is -1.19. The molecular formula is C9H13FN2O. The topological polar surface area (TPSA) is 34.9 Å². The SMILES string of the molecule is Cc1cnn(CCC(C)F)c(=O)c1. The van der Waals surface area contributed by atoms with Crippen molar-refractivity contribution in [3.8, 4) is 0 Å². The van der Waals surface area contributed by atoms with Crippen molar-refractivity contribution in [3.63, 3.8) is 0 Å². The number of hydrogen-bond acceptors (Lipinski definition) is 2. The lowest BCUT2D eigenvalue weighted by molar-refractivity contribution is 0.317. The summed E-state index contributed by atoms with van der Waals surface area (Å²) in [7, 11) is 0. The van der Waals surface area contributed by atoms with Gasteiger partial charge in [-0.2, -0.15) is 5.10 Å². The molecule has 3 nitrogen and oxygen atoms in total. The third-order valence-electron chi connectivity index (χ3n) is 1.74. The highest BCUT2D eigenvalue weighted by Gasteiger charge is 2.01. The molecule has 0 radical (unpaired) electrons. The molecule has 0 aromatic carbocycles. The van der Waals surface area contributed by atoms with Crippen LogP contribution in [0.15, 0.2) is 17.1 Å². The maximum Gasteiger partial charge on any atom is 0.266 e. The van der Waals surface area contributed by atoms with E-state index in [1.807, 2.05) is 0 Å². The summed E-state index contributed by atoms with van der Waals surface area (Å²) in [6.07, 6.45) is 1.04. The van der Waals surface area contributed by atoms with E-state index in [0.29, 0.717) is 13.0 Å². The Morgan fingerprint density at radius 3 is 2.92 bits per heavy atom. The van der Waals surface area contributed by atoms with Crippen molar-refractivity contribution in [3.05, 3.63) is 28.2 Å². The van der Waals surface area contributed by atoms with Crippen molar-refractivity contribution in [2.24, 2.45) is 0 Å². The maximum absolute atomic E-state index is 12.5. The molecule has 0 spiro atoms. The van der Waals surface area contributed by atoms with Crippen molar-refractivity contribution in [1.29, 1.82) is 0 Å². The standard InChI is InChI=1S/C9H13FN2O/c1-7-5-9(13)12(11-6-7)4-3-8(2)10/h5-6,8H,3-4H2,1-2H3. The van der Waals surface area contributed by atoms with Crippen LogP contribution in [-0.4, -0.2) is 16.0 Å². The number of alkyl halides is 1. The summed E-state index contributed by atoms with van der Waals surface area (Å²) in [5.41, 5.74) is 0.662. The van der Waals surface area contributed by atoms with Crippen LogP contribution in [0.5, 0.6) is 0 Å². The van der Waals surface area contributed by atoms with Gasteiger partial charge >= 0.3 is 0 Å². The van der Waals surface area contributed by atoms with E-state index in [1.165, 1.54) is 17.7 Å².